The SMILES string of the molecule is CC(CN(C)c1cnc2ccccc2n1)C(N)=S. The minimum absolute atomic E-state index is 0.151. The first-order chi connectivity index (χ1) is 8.58. The molecule has 0 saturated carbocycles. The lowest BCUT2D eigenvalue weighted by molar-refractivity contribution is 0.735. The lowest BCUT2D eigenvalue weighted by Crippen LogP contribution is -2.31. The Kier molecular flexibility index (Phi) is 3.72. The summed E-state index contributed by atoms with van der Waals surface area (Å²) in [6.45, 7) is 2.75. The summed E-state index contributed by atoms with van der Waals surface area (Å²) in [7, 11) is 1.97. The van der Waals surface area contributed by atoms with Crippen molar-refractivity contribution in [2.45, 2.75) is 6.92 Å². The fourth-order valence-corrected chi connectivity index (χ4v) is 1.80. The second-order valence-electron chi connectivity index (χ2n) is 4.40. The number of nitrogens with zero attached hydrogens (tertiary/aromatic N) is 3. The van der Waals surface area contributed by atoms with Crippen molar-refractivity contribution in [1.29, 1.82) is 0 Å². The highest BCUT2D eigenvalue weighted by molar-refractivity contribution is 7.80. The molecule has 0 fully saturated rings. The maximum atomic E-state index is 5.62. The lowest BCUT2D eigenvalue weighted by Gasteiger charge is -2.21. The molecule has 5 heteroatoms. The molecule has 0 aliphatic rings. The van der Waals surface area contributed by atoms with Crippen LogP contribution in [0.5, 0.6) is 0 Å². The van der Waals surface area contributed by atoms with Crippen LogP contribution in [-0.2, 0) is 0 Å². The van der Waals surface area contributed by atoms with E-state index in [1.165, 1.54) is 0 Å². The summed E-state index contributed by atoms with van der Waals surface area (Å²) >= 11 is 4.98. The van der Waals surface area contributed by atoms with E-state index in [1.54, 1.807) is 6.20 Å². The van der Waals surface area contributed by atoms with Crippen molar-refractivity contribution in [3.63, 3.8) is 0 Å². The summed E-state index contributed by atoms with van der Waals surface area (Å²) in [6, 6.07) is 7.81. The molecule has 0 spiro atoms. The Morgan fingerprint density at radius 1 is 1.39 bits per heavy atom. The summed E-state index contributed by atoms with van der Waals surface area (Å²) in [5.41, 5.74) is 7.42. The van der Waals surface area contributed by atoms with Crippen LogP contribution in [0.3, 0.4) is 0 Å². The van der Waals surface area contributed by atoms with Gasteiger partial charge in [-0.05, 0) is 12.1 Å². The largest absolute Gasteiger partial charge is 0.393 e. The van der Waals surface area contributed by atoms with Gasteiger partial charge in [0, 0.05) is 19.5 Å². The Labute approximate surface area is 112 Å². The van der Waals surface area contributed by atoms with Crippen LogP contribution in [-0.4, -0.2) is 28.5 Å². The zero-order valence-corrected chi connectivity index (χ0v) is 11.3. The molecule has 4 nitrogen and oxygen atoms in total. The summed E-state index contributed by atoms with van der Waals surface area (Å²) in [5, 5.41) is 0. The first kappa shape index (κ1) is 12.7. The van der Waals surface area contributed by atoms with Gasteiger partial charge < -0.3 is 10.6 Å². The standard InChI is InChI=1S/C13H16N4S/c1-9(13(14)18)8-17(2)12-7-15-10-5-3-4-6-11(10)16-12/h3-7,9H,8H2,1-2H3,(H2,14,18). The summed E-state index contributed by atoms with van der Waals surface area (Å²) in [4.78, 5) is 11.5. The predicted octanol–water partition coefficient (Wildman–Crippen LogP) is 1.99. The first-order valence-electron chi connectivity index (χ1n) is 5.80. The fraction of sp³-hybridized carbons (Fsp3) is 0.308. The number of hydrogen-bond acceptors (Lipinski definition) is 4. The molecule has 0 radical (unpaired) electrons. The highest BCUT2D eigenvalue weighted by Gasteiger charge is 2.11. The molecule has 18 heavy (non-hydrogen) atoms. The molecule has 1 heterocycles. The van der Waals surface area contributed by atoms with Gasteiger partial charge in [-0.2, -0.15) is 0 Å². The second kappa shape index (κ2) is 5.27. The fourth-order valence-electron chi connectivity index (χ4n) is 1.73. The Hall–Kier alpha value is -1.75. The molecule has 94 valence electrons. The van der Waals surface area contributed by atoms with E-state index in [9.17, 15) is 0 Å². The minimum atomic E-state index is 0.151. The Morgan fingerprint density at radius 2 is 2.06 bits per heavy atom. The number of rotatable bonds is 4. The molecule has 0 bridgehead atoms. The van der Waals surface area contributed by atoms with Crippen LogP contribution in [0.25, 0.3) is 11.0 Å². The van der Waals surface area contributed by atoms with E-state index in [1.807, 2.05) is 43.1 Å². The lowest BCUT2D eigenvalue weighted by atomic mass is 10.2. The second-order valence-corrected chi connectivity index (χ2v) is 4.87. The van der Waals surface area contributed by atoms with Gasteiger partial charge >= 0.3 is 0 Å². The summed E-state index contributed by atoms with van der Waals surface area (Å²) < 4.78 is 0. The highest BCUT2D eigenvalue weighted by Crippen LogP contribution is 2.15. The van der Waals surface area contributed by atoms with Crippen molar-refractivity contribution in [2.24, 2.45) is 11.7 Å². The molecule has 1 unspecified atom stereocenters. The van der Waals surface area contributed by atoms with Gasteiger partial charge in [-0.15, -0.1) is 0 Å². The van der Waals surface area contributed by atoms with Crippen molar-refractivity contribution < 1.29 is 0 Å². The molecule has 2 aromatic rings. The minimum Gasteiger partial charge on any atom is -0.393 e. The van der Waals surface area contributed by atoms with E-state index in [4.69, 9.17) is 18.0 Å². The number of aromatic nitrogens is 2. The van der Waals surface area contributed by atoms with Gasteiger partial charge in [-0.3, -0.25) is 4.98 Å². The van der Waals surface area contributed by atoms with Gasteiger partial charge in [0.05, 0.1) is 22.2 Å². The number of nitrogens with two attached hydrogens (primary N) is 1. The molecule has 0 aliphatic carbocycles. The molecule has 1 aromatic carbocycles. The maximum Gasteiger partial charge on any atom is 0.147 e. The Balaban J connectivity index is 2.22. The van der Waals surface area contributed by atoms with E-state index >= 15 is 0 Å². The number of para-hydroxylation sites is 2. The average Bonchev–Trinajstić information content (AvgIpc) is 2.37. The van der Waals surface area contributed by atoms with Gasteiger partial charge in [-0.1, -0.05) is 31.3 Å². The maximum absolute atomic E-state index is 5.62. The van der Waals surface area contributed by atoms with E-state index < -0.39 is 0 Å². The van der Waals surface area contributed by atoms with Gasteiger partial charge in [-0.25, -0.2) is 4.98 Å². The molecular formula is C13H16N4S. The van der Waals surface area contributed by atoms with E-state index in [-0.39, 0.29) is 5.92 Å². The smallest absolute Gasteiger partial charge is 0.147 e. The number of benzene rings is 1. The van der Waals surface area contributed by atoms with E-state index in [0.29, 0.717) is 4.99 Å². The molecule has 2 rings (SSSR count). The number of hydrogen-bond donors (Lipinski definition) is 1. The van der Waals surface area contributed by atoms with E-state index in [0.717, 1.165) is 23.4 Å². The molecule has 0 amide bonds. The van der Waals surface area contributed by atoms with Crippen molar-refractivity contribution in [1.82, 2.24) is 9.97 Å². The molecule has 0 aliphatic heterocycles. The highest BCUT2D eigenvalue weighted by atomic mass is 32.1. The normalized spacial score (nSPS) is 12.3. The third-order valence-corrected chi connectivity index (χ3v) is 3.26. The summed E-state index contributed by atoms with van der Waals surface area (Å²) in [6.07, 6.45) is 1.77. The zero-order valence-electron chi connectivity index (χ0n) is 10.5. The van der Waals surface area contributed by atoms with Crippen molar-refractivity contribution in [3.05, 3.63) is 30.5 Å². The van der Waals surface area contributed by atoms with Crippen LogP contribution in [0.2, 0.25) is 0 Å². The quantitative estimate of drug-likeness (QED) is 0.852. The van der Waals surface area contributed by atoms with Crippen molar-refractivity contribution in [3.8, 4) is 0 Å². The van der Waals surface area contributed by atoms with Gasteiger partial charge in [0.1, 0.15) is 5.82 Å². The van der Waals surface area contributed by atoms with Gasteiger partial charge in [0.15, 0.2) is 0 Å². The van der Waals surface area contributed by atoms with Crippen molar-refractivity contribution >= 4 is 34.1 Å². The van der Waals surface area contributed by atoms with E-state index in [2.05, 4.69) is 9.97 Å². The van der Waals surface area contributed by atoms with Crippen molar-refractivity contribution in [2.75, 3.05) is 18.5 Å². The molecule has 1 aromatic heterocycles. The average molecular weight is 260 g/mol. The first-order valence-corrected chi connectivity index (χ1v) is 6.21. The van der Waals surface area contributed by atoms with Gasteiger partial charge in [0.25, 0.3) is 0 Å². The molecular weight excluding hydrogens is 244 g/mol. The number of anilines is 1. The third-order valence-electron chi connectivity index (χ3n) is 2.86. The third kappa shape index (κ3) is 2.73. The van der Waals surface area contributed by atoms with Crippen LogP contribution >= 0.6 is 12.2 Å². The number of thiocarbonyl (C=S) groups is 1. The molecule has 1 atom stereocenters. The van der Waals surface area contributed by atoms with Gasteiger partial charge in [0.2, 0.25) is 0 Å². The van der Waals surface area contributed by atoms with Crippen LogP contribution < -0.4 is 10.6 Å². The Bertz CT molecular complexity index is 570. The number of fused-ring (bicyclic) bond motifs is 1. The molecule has 2 N–H and O–H groups in total. The zero-order chi connectivity index (χ0) is 13.1. The Morgan fingerprint density at radius 3 is 2.72 bits per heavy atom. The van der Waals surface area contributed by atoms with Crippen LogP contribution in [0.1, 0.15) is 6.92 Å². The van der Waals surface area contributed by atoms with Crippen LogP contribution in [0.15, 0.2) is 30.5 Å². The predicted molar refractivity (Wildman–Crippen MR) is 78.8 cm³/mol. The van der Waals surface area contributed by atoms with Crippen LogP contribution in [0.4, 0.5) is 5.82 Å². The molecule has 0 saturated heterocycles. The van der Waals surface area contributed by atoms with Crippen LogP contribution in [0, 0.1) is 5.92 Å². The monoisotopic (exact) mass is 260 g/mol. The topological polar surface area (TPSA) is 55.0 Å². The summed E-state index contributed by atoms with van der Waals surface area (Å²) in [5.74, 6) is 0.982.